The van der Waals surface area contributed by atoms with Crippen molar-refractivity contribution in [3.05, 3.63) is 34.4 Å². The number of rotatable bonds is 3. The number of nitro benzene ring substituents is 1. The van der Waals surface area contributed by atoms with Crippen LogP contribution < -0.4 is 0 Å². The van der Waals surface area contributed by atoms with Gasteiger partial charge in [0.15, 0.2) is 5.69 Å². The van der Waals surface area contributed by atoms with E-state index in [2.05, 4.69) is 10.3 Å². The molecule has 1 saturated heterocycles. The van der Waals surface area contributed by atoms with Crippen molar-refractivity contribution in [2.24, 2.45) is 10.3 Å². The number of para-hydroxylation sites is 1. The van der Waals surface area contributed by atoms with Crippen LogP contribution in [0.25, 0.3) is 0 Å². The number of nitro groups is 1. The molecule has 1 fully saturated rings. The molecule has 0 N–H and O–H groups in total. The summed E-state index contributed by atoms with van der Waals surface area (Å²) in [5.41, 5.74) is 0.302. The molecule has 0 saturated carbocycles. The predicted octanol–water partition coefficient (Wildman–Crippen LogP) is 3.08. The monoisotopic (exact) mass is 234 g/mol. The molecule has 6 heteroatoms. The molecule has 0 spiro atoms. The quantitative estimate of drug-likeness (QED) is 0.458. The van der Waals surface area contributed by atoms with Crippen LogP contribution in [-0.4, -0.2) is 23.0 Å². The number of nitrogens with zero attached hydrogens (tertiary/aromatic N) is 4. The molecule has 0 bridgehead atoms. The van der Waals surface area contributed by atoms with E-state index >= 15 is 0 Å². The number of benzene rings is 1. The van der Waals surface area contributed by atoms with Crippen LogP contribution in [0.2, 0.25) is 0 Å². The SMILES string of the molecule is O=[N+]([O-])c1ccccc1N=NN1CCCCC1. The van der Waals surface area contributed by atoms with Gasteiger partial charge in [0.2, 0.25) is 0 Å². The van der Waals surface area contributed by atoms with Gasteiger partial charge in [-0.2, -0.15) is 0 Å². The van der Waals surface area contributed by atoms with Gasteiger partial charge in [-0.1, -0.05) is 17.4 Å². The van der Waals surface area contributed by atoms with Crippen LogP contribution in [0.4, 0.5) is 11.4 Å². The molecule has 6 nitrogen and oxygen atoms in total. The number of hydrogen-bond acceptors (Lipinski definition) is 4. The normalized spacial score (nSPS) is 16.4. The highest BCUT2D eigenvalue weighted by atomic mass is 16.6. The fourth-order valence-corrected chi connectivity index (χ4v) is 1.78. The molecule has 1 aromatic rings. The van der Waals surface area contributed by atoms with Crippen molar-refractivity contribution < 1.29 is 4.92 Å². The van der Waals surface area contributed by atoms with Crippen molar-refractivity contribution in [1.29, 1.82) is 0 Å². The number of hydrogen-bond donors (Lipinski definition) is 0. The van der Waals surface area contributed by atoms with Gasteiger partial charge in [0.25, 0.3) is 5.69 Å². The summed E-state index contributed by atoms with van der Waals surface area (Å²) in [4.78, 5) is 10.3. The van der Waals surface area contributed by atoms with Crippen molar-refractivity contribution in [2.75, 3.05) is 13.1 Å². The van der Waals surface area contributed by atoms with E-state index in [4.69, 9.17) is 0 Å². The Morgan fingerprint density at radius 1 is 1.18 bits per heavy atom. The maximum absolute atomic E-state index is 10.8. The zero-order valence-corrected chi connectivity index (χ0v) is 9.45. The summed E-state index contributed by atoms with van der Waals surface area (Å²) in [6.45, 7) is 1.76. The van der Waals surface area contributed by atoms with Crippen LogP contribution in [0, 0.1) is 10.1 Å². The van der Waals surface area contributed by atoms with E-state index in [0.717, 1.165) is 25.9 Å². The smallest absolute Gasteiger partial charge is 0.278 e. The third kappa shape index (κ3) is 2.99. The van der Waals surface area contributed by atoms with E-state index in [9.17, 15) is 10.1 Å². The third-order valence-corrected chi connectivity index (χ3v) is 2.69. The Balaban J connectivity index is 2.11. The highest BCUT2D eigenvalue weighted by Gasteiger charge is 2.12. The minimum absolute atomic E-state index is 0.00624. The lowest BCUT2D eigenvalue weighted by Crippen LogP contribution is -2.23. The Kier molecular flexibility index (Phi) is 3.64. The highest BCUT2D eigenvalue weighted by molar-refractivity contribution is 5.56. The molecule has 0 atom stereocenters. The van der Waals surface area contributed by atoms with Crippen LogP contribution in [0.1, 0.15) is 19.3 Å². The van der Waals surface area contributed by atoms with Crippen molar-refractivity contribution in [3.8, 4) is 0 Å². The molecule has 0 radical (unpaired) electrons. The van der Waals surface area contributed by atoms with Gasteiger partial charge in [-0.3, -0.25) is 15.1 Å². The molecular formula is C11H14N4O2. The molecule has 1 aliphatic rings. The van der Waals surface area contributed by atoms with E-state index in [1.54, 1.807) is 18.2 Å². The first-order valence-electron chi connectivity index (χ1n) is 5.67. The summed E-state index contributed by atoms with van der Waals surface area (Å²) >= 11 is 0. The van der Waals surface area contributed by atoms with Crippen molar-refractivity contribution in [2.45, 2.75) is 19.3 Å². The molecule has 0 unspecified atom stereocenters. The van der Waals surface area contributed by atoms with E-state index in [-0.39, 0.29) is 5.69 Å². The topological polar surface area (TPSA) is 71.1 Å². The molecule has 0 aliphatic carbocycles. The summed E-state index contributed by atoms with van der Waals surface area (Å²) < 4.78 is 0. The first-order valence-corrected chi connectivity index (χ1v) is 5.67. The second-order valence-corrected chi connectivity index (χ2v) is 3.95. The first-order chi connectivity index (χ1) is 8.27. The van der Waals surface area contributed by atoms with Crippen LogP contribution in [-0.2, 0) is 0 Å². The molecular weight excluding hydrogens is 220 g/mol. The molecule has 0 amide bonds. The third-order valence-electron chi connectivity index (χ3n) is 2.69. The van der Waals surface area contributed by atoms with Crippen molar-refractivity contribution >= 4 is 11.4 Å². The molecule has 2 rings (SSSR count). The van der Waals surface area contributed by atoms with Crippen LogP contribution in [0.5, 0.6) is 0 Å². The zero-order chi connectivity index (χ0) is 12.1. The highest BCUT2D eigenvalue weighted by Crippen LogP contribution is 2.26. The zero-order valence-electron chi connectivity index (χ0n) is 9.45. The Morgan fingerprint density at radius 3 is 2.59 bits per heavy atom. The Hall–Kier alpha value is -1.98. The van der Waals surface area contributed by atoms with Crippen molar-refractivity contribution in [3.63, 3.8) is 0 Å². The molecule has 1 heterocycles. The lowest BCUT2D eigenvalue weighted by molar-refractivity contribution is -0.384. The van der Waals surface area contributed by atoms with Crippen LogP contribution >= 0.6 is 0 Å². The molecule has 1 aliphatic heterocycles. The Bertz CT molecular complexity index is 427. The second kappa shape index (κ2) is 5.38. The maximum Gasteiger partial charge on any atom is 0.296 e. The van der Waals surface area contributed by atoms with E-state index in [0.29, 0.717) is 5.69 Å². The Morgan fingerprint density at radius 2 is 1.88 bits per heavy atom. The Labute approximate surface area is 99.1 Å². The summed E-state index contributed by atoms with van der Waals surface area (Å²) in [6, 6.07) is 6.38. The van der Waals surface area contributed by atoms with Crippen LogP contribution in [0.3, 0.4) is 0 Å². The fraction of sp³-hybridized carbons (Fsp3) is 0.455. The largest absolute Gasteiger partial charge is 0.296 e. The number of piperidine rings is 1. The summed E-state index contributed by atoms with van der Waals surface area (Å²) in [5, 5.41) is 20.6. The maximum atomic E-state index is 10.8. The average Bonchev–Trinajstić information content (AvgIpc) is 2.38. The summed E-state index contributed by atoms with van der Waals surface area (Å²) in [7, 11) is 0. The predicted molar refractivity (Wildman–Crippen MR) is 63.0 cm³/mol. The van der Waals surface area contributed by atoms with Gasteiger partial charge in [0.05, 0.1) is 4.92 Å². The van der Waals surface area contributed by atoms with Gasteiger partial charge in [0, 0.05) is 19.2 Å². The molecule has 0 aromatic heterocycles. The van der Waals surface area contributed by atoms with E-state index in [1.807, 2.05) is 5.01 Å². The summed E-state index contributed by atoms with van der Waals surface area (Å²) in [6.07, 6.45) is 3.43. The van der Waals surface area contributed by atoms with Gasteiger partial charge in [-0.25, -0.2) is 0 Å². The first kappa shape index (κ1) is 11.5. The fourth-order valence-electron chi connectivity index (χ4n) is 1.78. The minimum atomic E-state index is -0.440. The second-order valence-electron chi connectivity index (χ2n) is 3.95. The van der Waals surface area contributed by atoms with E-state index < -0.39 is 4.92 Å². The van der Waals surface area contributed by atoms with Gasteiger partial charge in [-0.05, 0) is 25.3 Å². The minimum Gasteiger partial charge on any atom is -0.278 e. The lowest BCUT2D eigenvalue weighted by atomic mass is 10.2. The van der Waals surface area contributed by atoms with Crippen LogP contribution in [0.15, 0.2) is 34.6 Å². The standard InChI is InChI=1S/C11H14N4O2/c16-15(17)11-7-3-2-6-10(11)12-13-14-8-4-1-5-9-14/h2-3,6-7H,1,4-5,8-9H2. The van der Waals surface area contributed by atoms with Gasteiger partial charge in [-0.15, -0.1) is 5.11 Å². The van der Waals surface area contributed by atoms with Gasteiger partial charge >= 0.3 is 0 Å². The van der Waals surface area contributed by atoms with Gasteiger partial charge in [0.1, 0.15) is 0 Å². The molecule has 90 valence electrons. The molecule has 17 heavy (non-hydrogen) atoms. The lowest BCUT2D eigenvalue weighted by Gasteiger charge is -2.21. The average molecular weight is 234 g/mol. The molecule has 1 aromatic carbocycles. The van der Waals surface area contributed by atoms with Gasteiger partial charge < -0.3 is 0 Å². The van der Waals surface area contributed by atoms with Crippen molar-refractivity contribution in [1.82, 2.24) is 5.01 Å². The van der Waals surface area contributed by atoms with E-state index in [1.165, 1.54) is 12.5 Å². The summed E-state index contributed by atoms with van der Waals surface area (Å²) in [5.74, 6) is 0.